The number of carbonyl (C=O) groups excluding carboxylic acids is 2. The number of amides is 2. The smallest absolute Gasteiger partial charge is 0.249 e. The van der Waals surface area contributed by atoms with E-state index >= 15 is 0 Å². The Morgan fingerprint density at radius 2 is 1.86 bits per heavy atom. The molecule has 3 aliphatic rings. The fraction of sp³-hybridized carbons (Fsp3) is 0.905. The van der Waals surface area contributed by atoms with Crippen LogP contribution in [-0.4, -0.2) is 60.0 Å². The Balaban J connectivity index is 1.54. The zero-order chi connectivity index (χ0) is 21.0. The lowest BCUT2D eigenvalue weighted by atomic mass is 9.72. The van der Waals surface area contributed by atoms with Crippen LogP contribution >= 0.6 is 11.6 Å². The Labute approximate surface area is 178 Å². The maximum Gasteiger partial charge on any atom is 0.249 e. The van der Waals surface area contributed by atoms with E-state index in [2.05, 4.69) is 10.3 Å². The van der Waals surface area contributed by atoms with Crippen molar-refractivity contribution in [1.82, 2.24) is 10.4 Å². The van der Waals surface area contributed by atoms with Crippen molar-refractivity contribution in [2.24, 2.45) is 35.3 Å². The van der Waals surface area contributed by atoms with E-state index < -0.39 is 23.3 Å². The molecule has 1 heterocycles. The van der Waals surface area contributed by atoms with Gasteiger partial charge < -0.3 is 15.7 Å². The summed E-state index contributed by atoms with van der Waals surface area (Å²) in [5.74, 6) is 0.678. The molecule has 7 nitrogen and oxygen atoms in total. The van der Waals surface area contributed by atoms with Crippen LogP contribution in [0.3, 0.4) is 0 Å². The van der Waals surface area contributed by atoms with Gasteiger partial charge in [-0.1, -0.05) is 12.8 Å². The number of aliphatic hydroxyl groups excluding tert-OH is 1. The monoisotopic (exact) mass is 429 g/mol. The summed E-state index contributed by atoms with van der Waals surface area (Å²) in [6, 6.07) is 0. The predicted molar refractivity (Wildman–Crippen MR) is 111 cm³/mol. The Hall–Kier alpha value is -0.890. The summed E-state index contributed by atoms with van der Waals surface area (Å²) < 4.78 is 0. The molecule has 6 atom stereocenters. The number of hydrogen-bond donors (Lipinski definition) is 3. The Bertz CT molecular complexity index is 570. The highest BCUT2D eigenvalue weighted by atomic mass is 35.5. The van der Waals surface area contributed by atoms with Gasteiger partial charge in [0.25, 0.3) is 0 Å². The highest BCUT2D eigenvalue weighted by Gasteiger charge is 2.44. The van der Waals surface area contributed by atoms with Gasteiger partial charge >= 0.3 is 0 Å². The topological polar surface area (TPSA) is 105 Å². The standard InChI is InChI=1S/C21H36ClN3O4/c1-29-24-20(27)17-10-16(11-18(22)19(17)26)21(28)25-7-5-14(6-8-25)15-4-2-3-13(9-15)12-23/h13-19,26H,2-12,23H2,1H3,(H,24,27). The number of nitrogens with two attached hydrogens (primary N) is 1. The molecule has 4 N–H and O–H groups in total. The summed E-state index contributed by atoms with van der Waals surface area (Å²) in [5.41, 5.74) is 8.16. The minimum atomic E-state index is -0.969. The molecule has 2 aliphatic carbocycles. The molecule has 166 valence electrons. The second-order valence-electron chi connectivity index (χ2n) is 9.14. The molecular weight excluding hydrogens is 394 g/mol. The molecule has 6 unspecified atom stereocenters. The Morgan fingerprint density at radius 1 is 1.14 bits per heavy atom. The molecule has 3 rings (SSSR count). The molecule has 0 spiro atoms. The van der Waals surface area contributed by atoms with Gasteiger partial charge in [0.2, 0.25) is 11.8 Å². The number of nitrogens with one attached hydrogen (secondary N) is 1. The van der Waals surface area contributed by atoms with Crippen molar-refractivity contribution in [3.05, 3.63) is 0 Å². The van der Waals surface area contributed by atoms with E-state index in [4.69, 9.17) is 17.3 Å². The van der Waals surface area contributed by atoms with Crippen LogP contribution in [0.4, 0.5) is 0 Å². The molecule has 3 fully saturated rings. The van der Waals surface area contributed by atoms with Gasteiger partial charge in [0.1, 0.15) is 0 Å². The lowest BCUT2D eigenvalue weighted by Gasteiger charge is -2.42. The van der Waals surface area contributed by atoms with Crippen LogP contribution in [0.1, 0.15) is 51.4 Å². The number of piperidine rings is 1. The molecule has 2 saturated carbocycles. The summed E-state index contributed by atoms with van der Waals surface area (Å²) in [4.78, 5) is 31.9. The largest absolute Gasteiger partial charge is 0.391 e. The number of likely N-dealkylation sites (tertiary alicyclic amines) is 1. The number of alkyl halides is 1. The third-order valence-electron chi connectivity index (χ3n) is 7.39. The summed E-state index contributed by atoms with van der Waals surface area (Å²) >= 11 is 6.28. The lowest BCUT2D eigenvalue weighted by Crippen LogP contribution is -2.51. The fourth-order valence-corrected chi connectivity index (χ4v) is 6.06. The van der Waals surface area contributed by atoms with Crippen molar-refractivity contribution in [2.75, 3.05) is 26.7 Å². The first kappa shape index (κ1) is 22.8. The molecule has 0 radical (unpaired) electrons. The molecule has 0 aromatic carbocycles. The molecule has 1 aliphatic heterocycles. The number of aliphatic hydroxyl groups is 1. The van der Waals surface area contributed by atoms with Gasteiger partial charge in [-0.3, -0.25) is 14.4 Å². The summed E-state index contributed by atoms with van der Waals surface area (Å²) in [6.45, 7) is 2.33. The van der Waals surface area contributed by atoms with Crippen LogP contribution in [0.25, 0.3) is 0 Å². The van der Waals surface area contributed by atoms with Gasteiger partial charge in [0, 0.05) is 19.0 Å². The van der Waals surface area contributed by atoms with E-state index in [-0.39, 0.29) is 11.8 Å². The predicted octanol–water partition coefficient (Wildman–Crippen LogP) is 1.66. The molecule has 0 aromatic rings. The van der Waals surface area contributed by atoms with E-state index in [1.807, 2.05) is 4.90 Å². The van der Waals surface area contributed by atoms with Crippen LogP contribution in [0, 0.1) is 29.6 Å². The second kappa shape index (κ2) is 10.4. The quantitative estimate of drug-likeness (QED) is 0.455. The number of rotatable bonds is 5. The molecular formula is C21H36ClN3O4. The third-order valence-corrected chi connectivity index (χ3v) is 7.83. The number of hydroxylamine groups is 1. The van der Waals surface area contributed by atoms with Crippen molar-refractivity contribution in [3.8, 4) is 0 Å². The number of carbonyl (C=O) groups is 2. The van der Waals surface area contributed by atoms with Crippen molar-refractivity contribution in [2.45, 2.75) is 62.8 Å². The van der Waals surface area contributed by atoms with E-state index in [0.717, 1.165) is 38.4 Å². The Morgan fingerprint density at radius 3 is 2.52 bits per heavy atom. The summed E-state index contributed by atoms with van der Waals surface area (Å²) in [7, 11) is 1.35. The highest BCUT2D eigenvalue weighted by Crippen LogP contribution is 2.39. The lowest BCUT2D eigenvalue weighted by molar-refractivity contribution is -0.146. The van der Waals surface area contributed by atoms with Crippen molar-refractivity contribution < 1.29 is 19.5 Å². The van der Waals surface area contributed by atoms with Crippen LogP contribution in [0.2, 0.25) is 0 Å². The zero-order valence-corrected chi connectivity index (χ0v) is 18.2. The fourth-order valence-electron chi connectivity index (χ4n) is 5.67. The van der Waals surface area contributed by atoms with Gasteiger partial charge in [0.05, 0.1) is 24.5 Å². The normalized spacial score (nSPS) is 36.6. The van der Waals surface area contributed by atoms with Gasteiger partial charge in [-0.25, -0.2) is 5.48 Å². The molecule has 1 saturated heterocycles. The van der Waals surface area contributed by atoms with Crippen molar-refractivity contribution >= 4 is 23.4 Å². The van der Waals surface area contributed by atoms with Crippen LogP contribution in [-0.2, 0) is 14.4 Å². The highest BCUT2D eigenvalue weighted by molar-refractivity contribution is 6.21. The van der Waals surface area contributed by atoms with Crippen molar-refractivity contribution in [1.29, 1.82) is 0 Å². The third kappa shape index (κ3) is 5.43. The molecule has 0 aromatic heterocycles. The minimum Gasteiger partial charge on any atom is -0.391 e. The second-order valence-corrected chi connectivity index (χ2v) is 9.70. The van der Waals surface area contributed by atoms with Crippen LogP contribution in [0.15, 0.2) is 0 Å². The average molecular weight is 430 g/mol. The zero-order valence-electron chi connectivity index (χ0n) is 17.4. The maximum atomic E-state index is 13.1. The molecule has 2 amide bonds. The number of hydrogen-bond acceptors (Lipinski definition) is 5. The first-order chi connectivity index (χ1) is 13.9. The van der Waals surface area contributed by atoms with E-state index in [1.165, 1.54) is 32.8 Å². The van der Waals surface area contributed by atoms with Crippen LogP contribution < -0.4 is 11.2 Å². The number of nitrogens with zero attached hydrogens (tertiary/aromatic N) is 1. The maximum absolute atomic E-state index is 13.1. The van der Waals surface area contributed by atoms with Gasteiger partial charge in [0.15, 0.2) is 0 Å². The van der Waals surface area contributed by atoms with Gasteiger partial charge in [-0.05, 0) is 62.8 Å². The Kier molecular flexibility index (Phi) is 8.19. The van der Waals surface area contributed by atoms with E-state index in [0.29, 0.717) is 24.7 Å². The van der Waals surface area contributed by atoms with Gasteiger partial charge in [-0.2, -0.15) is 0 Å². The number of halogens is 1. The summed E-state index contributed by atoms with van der Waals surface area (Å²) in [5, 5.41) is 9.67. The van der Waals surface area contributed by atoms with Crippen molar-refractivity contribution in [3.63, 3.8) is 0 Å². The van der Waals surface area contributed by atoms with E-state index in [9.17, 15) is 14.7 Å². The minimum absolute atomic E-state index is 0.0692. The summed E-state index contributed by atoms with van der Waals surface area (Å²) in [6.07, 6.45) is 6.89. The molecule has 8 heteroatoms. The SMILES string of the molecule is CONC(=O)C1CC(C(=O)N2CCC(C3CCCC(CN)C3)CC2)CC(Cl)C1O. The molecule has 0 bridgehead atoms. The first-order valence-electron chi connectivity index (χ1n) is 11.1. The molecule has 29 heavy (non-hydrogen) atoms. The van der Waals surface area contributed by atoms with E-state index in [1.54, 1.807) is 0 Å². The van der Waals surface area contributed by atoms with Crippen LogP contribution in [0.5, 0.6) is 0 Å². The first-order valence-corrected chi connectivity index (χ1v) is 11.5. The van der Waals surface area contributed by atoms with Gasteiger partial charge in [-0.15, -0.1) is 11.6 Å². The average Bonchev–Trinajstić information content (AvgIpc) is 2.75.